The van der Waals surface area contributed by atoms with Gasteiger partial charge in [-0.2, -0.15) is 0 Å². The molecule has 0 unspecified atom stereocenters. The standard InChI is InChI=1S/C19H20N2O6/c1-13(2)16-5-3-4-6-17(16)20-18(22)11-27-19(23)12-26-15-9-7-14(8-10-15)21(24)25/h3-10,13H,11-12H2,1-2H3,(H,20,22). The Labute approximate surface area is 156 Å². The van der Waals surface area contributed by atoms with Crippen LogP contribution in [0.4, 0.5) is 11.4 Å². The van der Waals surface area contributed by atoms with Gasteiger partial charge in [0.1, 0.15) is 5.75 Å². The number of benzene rings is 2. The molecule has 8 nitrogen and oxygen atoms in total. The van der Waals surface area contributed by atoms with Crippen molar-refractivity contribution in [1.29, 1.82) is 0 Å². The highest BCUT2D eigenvalue weighted by Crippen LogP contribution is 2.23. The first-order valence-electron chi connectivity index (χ1n) is 8.28. The lowest BCUT2D eigenvalue weighted by Crippen LogP contribution is -2.24. The van der Waals surface area contributed by atoms with Gasteiger partial charge in [0.25, 0.3) is 11.6 Å². The lowest BCUT2D eigenvalue weighted by Gasteiger charge is -2.13. The van der Waals surface area contributed by atoms with Crippen LogP contribution in [0.15, 0.2) is 48.5 Å². The number of ether oxygens (including phenoxy) is 2. The summed E-state index contributed by atoms with van der Waals surface area (Å²) >= 11 is 0. The van der Waals surface area contributed by atoms with Crippen LogP contribution in [0.25, 0.3) is 0 Å². The number of amides is 1. The van der Waals surface area contributed by atoms with Crippen LogP contribution in [0.1, 0.15) is 25.3 Å². The van der Waals surface area contributed by atoms with Crippen molar-refractivity contribution in [1.82, 2.24) is 0 Å². The maximum Gasteiger partial charge on any atom is 0.344 e. The third-order valence-electron chi connectivity index (χ3n) is 3.63. The Hall–Kier alpha value is -3.42. The Balaban J connectivity index is 1.78. The Morgan fingerprint density at radius 1 is 1.07 bits per heavy atom. The molecule has 0 bridgehead atoms. The number of non-ortho nitro benzene ring substituents is 1. The molecule has 0 spiro atoms. The second kappa shape index (κ2) is 9.33. The van der Waals surface area contributed by atoms with Crippen molar-refractivity contribution < 1.29 is 24.0 Å². The molecule has 0 atom stereocenters. The highest BCUT2D eigenvalue weighted by molar-refractivity contribution is 5.93. The van der Waals surface area contributed by atoms with Gasteiger partial charge in [-0.15, -0.1) is 0 Å². The number of anilines is 1. The smallest absolute Gasteiger partial charge is 0.344 e. The fourth-order valence-electron chi connectivity index (χ4n) is 2.29. The second-order valence-corrected chi connectivity index (χ2v) is 5.99. The van der Waals surface area contributed by atoms with Crippen LogP contribution >= 0.6 is 0 Å². The molecule has 0 saturated heterocycles. The number of nitrogens with zero attached hydrogens (tertiary/aromatic N) is 1. The van der Waals surface area contributed by atoms with Crippen LogP contribution in [-0.2, 0) is 14.3 Å². The zero-order valence-electron chi connectivity index (χ0n) is 15.0. The SMILES string of the molecule is CC(C)c1ccccc1NC(=O)COC(=O)COc1ccc([N+](=O)[O-])cc1. The fourth-order valence-corrected chi connectivity index (χ4v) is 2.29. The minimum Gasteiger partial charge on any atom is -0.482 e. The molecule has 0 saturated carbocycles. The number of carbonyl (C=O) groups excluding carboxylic acids is 2. The molecule has 0 aliphatic carbocycles. The van der Waals surface area contributed by atoms with Gasteiger partial charge in [-0.3, -0.25) is 14.9 Å². The Morgan fingerprint density at radius 3 is 2.37 bits per heavy atom. The van der Waals surface area contributed by atoms with Gasteiger partial charge < -0.3 is 14.8 Å². The molecular formula is C19H20N2O6. The molecule has 0 aliphatic heterocycles. The average molecular weight is 372 g/mol. The van der Waals surface area contributed by atoms with E-state index in [-0.39, 0.29) is 17.4 Å². The first-order chi connectivity index (χ1) is 12.9. The van der Waals surface area contributed by atoms with Crippen molar-refractivity contribution in [3.63, 3.8) is 0 Å². The number of nitro groups is 1. The zero-order valence-corrected chi connectivity index (χ0v) is 15.0. The summed E-state index contributed by atoms with van der Waals surface area (Å²) in [5.74, 6) is -0.653. The summed E-state index contributed by atoms with van der Waals surface area (Å²) in [4.78, 5) is 33.7. The Morgan fingerprint density at radius 2 is 1.74 bits per heavy atom. The van der Waals surface area contributed by atoms with Gasteiger partial charge in [-0.05, 0) is 29.7 Å². The van der Waals surface area contributed by atoms with Crippen molar-refractivity contribution in [3.8, 4) is 5.75 Å². The summed E-state index contributed by atoms with van der Waals surface area (Å²) in [6.07, 6.45) is 0. The third kappa shape index (κ3) is 6.10. The highest BCUT2D eigenvalue weighted by Gasteiger charge is 2.12. The number of carbonyl (C=O) groups is 2. The monoisotopic (exact) mass is 372 g/mol. The van der Waals surface area contributed by atoms with Crippen molar-refractivity contribution in [3.05, 3.63) is 64.2 Å². The predicted molar refractivity (Wildman–Crippen MR) is 98.7 cm³/mol. The van der Waals surface area contributed by atoms with E-state index in [2.05, 4.69) is 5.32 Å². The first-order valence-corrected chi connectivity index (χ1v) is 8.28. The van der Waals surface area contributed by atoms with Crippen LogP contribution in [-0.4, -0.2) is 30.0 Å². The normalized spacial score (nSPS) is 10.3. The van der Waals surface area contributed by atoms with Crippen molar-refractivity contribution >= 4 is 23.3 Å². The second-order valence-electron chi connectivity index (χ2n) is 5.99. The number of nitro benzene ring substituents is 1. The molecule has 1 N–H and O–H groups in total. The van der Waals surface area contributed by atoms with E-state index in [0.717, 1.165) is 5.56 Å². The summed E-state index contributed by atoms with van der Waals surface area (Å²) in [6, 6.07) is 12.7. The quantitative estimate of drug-likeness (QED) is 0.433. The van der Waals surface area contributed by atoms with Gasteiger partial charge in [0.05, 0.1) is 4.92 Å². The minimum absolute atomic E-state index is 0.0803. The van der Waals surface area contributed by atoms with E-state index in [1.54, 1.807) is 6.07 Å². The molecule has 0 fully saturated rings. The number of para-hydroxylation sites is 1. The maximum atomic E-state index is 12.0. The number of esters is 1. The molecule has 2 aromatic carbocycles. The number of nitrogens with one attached hydrogen (secondary N) is 1. The highest BCUT2D eigenvalue weighted by atomic mass is 16.6. The largest absolute Gasteiger partial charge is 0.482 e. The van der Waals surface area contributed by atoms with Gasteiger partial charge in [-0.1, -0.05) is 32.0 Å². The lowest BCUT2D eigenvalue weighted by molar-refractivity contribution is -0.384. The maximum absolute atomic E-state index is 12.0. The van der Waals surface area contributed by atoms with Crippen LogP contribution in [0.3, 0.4) is 0 Å². The molecule has 0 heterocycles. The summed E-state index contributed by atoms with van der Waals surface area (Å²) in [7, 11) is 0. The zero-order chi connectivity index (χ0) is 19.8. The first kappa shape index (κ1) is 19.9. The van der Waals surface area contributed by atoms with Crippen LogP contribution in [0, 0.1) is 10.1 Å². The molecule has 0 radical (unpaired) electrons. The molecule has 2 rings (SSSR count). The Bertz CT molecular complexity index is 817. The Kier molecular flexibility index (Phi) is 6.87. The van der Waals surface area contributed by atoms with E-state index in [1.165, 1.54) is 24.3 Å². The summed E-state index contributed by atoms with van der Waals surface area (Å²) in [5.41, 5.74) is 1.58. The summed E-state index contributed by atoms with van der Waals surface area (Å²) in [6.45, 7) is 3.18. The van der Waals surface area contributed by atoms with Crippen molar-refractivity contribution in [2.45, 2.75) is 19.8 Å². The number of hydrogen-bond donors (Lipinski definition) is 1. The van der Waals surface area contributed by atoms with Crippen LogP contribution in [0.5, 0.6) is 5.75 Å². The minimum atomic E-state index is -0.722. The molecule has 0 aliphatic rings. The van der Waals surface area contributed by atoms with E-state index in [1.807, 2.05) is 32.0 Å². The molecule has 2 aromatic rings. The van der Waals surface area contributed by atoms with Gasteiger partial charge in [0, 0.05) is 17.8 Å². The molecule has 142 valence electrons. The number of hydrogen-bond acceptors (Lipinski definition) is 6. The number of rotatable bonds is 8. The van der Waals surface area contributed by atoms with E-state index >= 15 is 0 Å². The van der Waals surface area contributed by atoms with Gasteiger partial charge in [0.15, 0.2) is 13.2 Å². The van der Waals surface area contributed by atoms with Gasteiger partial charge in [-0.25, -0.2) is 4.79 Å². The van der Waals surface area contributed by atoms with Crippen LogP contribution < -0.4 is 10.1 Å². The van der Waals surface area contributed by atoms with Gasteiger partial charge in [0.2, 0.25) is 0 Å². The third-order valence-corrected chi connectivity index (χ3v) is 3.63. The average Bonchev–Trinajstić information content (AvgIpc) is 2.65. The van der Waals surface area contributed by atoms with Crippen LogP contribution in [0.2, 0.25) is 0 Å². The van der Waals surface area contributed by atoms with Crippen molar-refractivity contribution in [2.75, 3.05) is 18.5 Å². The van der Waals surface area contributed by atoms with E-state index in [4.69, 9.17) is 9.47 Å². The lowest BCUT2D eigenvalue weighted by atomic mass is 10.0. The fraction of sp³-hybridized carbons (Fsp3) is 0.263. The predicted octanol–water partition coefficient (Wildman–Crippen LogP) is 3.28. The van der Waals surface area contributed by atoms with E-state index < -0.39 is 30.0 Å². The summed E-state index contributed by atoms with van der Waals surface area (Å²) < 4.78 is 10.1. The summed E-state index contributed by atoms with van der Waals surface area (Å²) in [5, 5.41) is 13.3. The molecule has 8 heteroatoms. The van der Waals surface area contributed by atoms with E-state index in [9.17, 15) is 19.7 Å². The molecule has 1 amide bonds. The van der Waals surface area contributed by atoms with Crippen molar-refractivity contribution in [2.24, 2.45) is 0 Å². The topological polar surface area (TPSA) is 108 Å². The van der Waals surface area contributed by atoms with Gasteiger partial charge >= 0.3 is 5.97 Å². The molecular weight excluding hydrogens is 352 g/mol. The van der Waals surface area contributed by atoms with E-state index in [0.29, 0.717) is 5.69 Å². The molecule has 0 aromatic heterocycles. The molecule has 27 heavy (non-hydrogen) atoms.